The summed E-state index contributed by atoms with van der Waals surface area (Å²) in [4.78, 5) is 0. The fourth-order valence-corrected chi connectivity index (χ4v) is 1.64. The number of methoxy groups -OCH3 is 2. The molecule has 0 saturated carbocycles. The van der Waals surface area contributed by atoms with Gasteiger partial charge in [-0.1, -0.05) is 6.07 Å². The van der Waals surface area contributed by atoms with E-state index in [1.807, 2.05) is 18.2 Å². The minimum atomic E-state index is 0.438. The Bertz CT molecular complexity index is 352. The number of hydrogen-bond donors (Lipinski definition) is 2. The van der Waals surface area contributed by atoms with Crippen LogP contribution in [0, 0.1) is 0 Å². The van der Waals surface area contributed by atoms with Crippen molar-refractivity contribution in [3.8, 4) is 17.2 Å². The van der Waals surface area contributed by atoms with Crippen molar-refractivity contribution in [2.75, 3.05) is 53.7 Å². The average molecular weight is 284 g/mol. The lowest BCUT2D eigenvalue weighted by Crippen LogP contribution is -2.26. The van der Waals surface area contributed by atoms with Crippen LogP contribution in [0.1, 0.15) is 0 Å². The Kier molecular flexibility index (Phi) is 8.53. The van der Waals surface area contributed by atoms with Crippen LogP contribution in [0.25, 0.3) is 0 Å². The smallest absolute Gasteiger partial charge is 0.203 e. The molecule has 0 heterocycles. The first-order valence-electron chi connectivity index (χ1n) is 6.65. The van der Waals surface area contributed by atoms with Gasteiger partial charge in [-0.15, -0.1) is 0 Å². The Balaban J connectivity index is 2.27. The Morgan fingerprint density at radius 2 is 1.70 bits per heavy atom. The van der Waals surface area contributed by atoms with Gasteiger partial charge >= 0.3 is 0 Å². The van der Waals surface area contributed by atoms with Crippen LogP contribution >= 0.6 is 0 Å². The Morgan fingerprint density at radius 1 is 1.00 bits per heavy atom. The summed E-state index contributed by atoms with van der Waals surface area (Å²) in [5, 5.41) is 3.15. The van der Waals surface area contributed by atoms with E-state index < -0.39 is 0 Å². The molecule has 114 valence electrons. The van der Waals surface area contributed by atoms with Gasteiger partial charge in [0, 0.05) is 19.6 Å². The highest BCUT2D eigenvalue weighted by Gasteiger charge is 2.10. The molecular formula is C14H24N2O4. The molecular weight excluding hydrogens is 260 g/mol. The van der Waals surface area contributed by atoms with Crippen LogP contribution in [-0.4, -0.2) is 53.7 Å². The first-order chi connectivity index (χ1) is 9.83. The Labute approximate surface area is 120 Å². The average Bonchev–Trinajstić information content (AvgIpc) is 2.49. The van der Waals surface area contributed by atoms with Crippen molar-refractivity contribution in [1.82, 2.24) is 5.32 Å². The van der Waals surface area contributed by atoms with Gasteiger partial charge in [0.25, 0.3) is 0 Å². The summed E-state index contributed by atoms with van der Waals surface area (Å²) in [6.07, 6.45) is 0. The predicted molar refractivity (Wildman–Crippen MR) is 77.8 cm³/mol. The fraction of sp³-hybridized carbons (Fsp3) is 0.571. The normalized spacial score (nSPS) is 10.3. The standard InChI is InChI=1S/C14H24N2O4/c1-17-12-4-3-5-13(18-2)14(12)20-11-10-19-9-8-16-7-6-15/h3-5,16H,6-11,15H2,1-2H3. The van der Waals surface area contributed by atoms with Gasteiger partial charge < -0.3 is 30.0 Å². The van der Waals surface area contributed by atoms with Crippen molar-refractivity contribution in [3.05, 3.63) is 18.2 Å². The molecule has 1 rings (SSSR count). The molecule has 0 aromatic heterocycles. The van der Waals surface area contributed by atoms with E-state index in [0.29, 0.717) is 43.6 Å². The highest BCUT2D eigenvalue weighted by Crippen LogP contribution is 2.36. The molecule has 0 spiro atoms. The number of nitrogens with two attached hydrogens (primary N) is 1. The second kappa shape index (κ2) is 10.3. The van der Waals surface area contributed by atoms with Gasteiger partial charge in [0.05, 0.1) is 27.4 Å². The minimum absolute atomic E-state index is 0.438. The van der Waals surface area contributed by atoms with E-state index in [1.54, 1.807) is 14.2 Å². The summed E-state index contributed by atoms with van der Waals surface area (Å²) in [6.45, 7) is 3.80. The lowest BCUT2D eigenvalue weighted by Gasteiger charge is -2.14. The van der Waals surface area contributed by atoms with Crippen molar-refractivity contribution in [3.63, 3.8) is 0 Å². The minimum Gasteiger partial charge on any atom is -0.493 e. The zero-order valence-electron chi connectivity index (χ0n) is 12.2. The quantitative estimate of drug-likeness (QED) is 0.581. The molecule has 1 aromatic rings. The van der Waals surface area contributed by atoms with Gasteiger partial charge in [0.15, 0.2) is 11.5 Å². The number of benzene rings is 1. The molecule has 1 aromatic carbocycles. The maximum atomic E-state index is 5.66. The highest BCUT2D eigenvalue weighted by atomic mass is 16.6. The lowest BCUT2D eigenvalue weighted by atomic mass is 10.3. The third kappa shape index (κ3) is 5.64. The van der Waals surface area contributed by atoms with Crippen LogP contribution in [0.3, 0.4) is 0 Å². The second-order valence-electron chi connectivity index (χ2n) is 3.99. The topological polar surface area (TPSA) is 75.0 Å². The number of nitrogens with one attached hydrogen (secondary N) is 1. The van der Waals surface area contributed by atoms with E-state index in [4.69, 9.17) is 24.7 Å². The van der Waals surface area contributed by atoms with Gasteiger partial charge in [-0.2, -0.15) is 0 Å². The zero-order chi connectivity index (χ0) is 14.6. The molecule has 3 N–H and O–H groups in total. The van der Waals surface area contributed by atoms with Crippen molar-refractivity contribution in [1.29, 1.82) is 0 Å². The van der Waals surface area contributed by atoms with Gasteiger partial charge in [0.1, 0.15) is 6.61 Å². The van der Waals surface area contributed by atoms with Crippen molar-refractivity contribution in [2.24, 2.45) is 5.73 Å². The highest BCUT2D eigenvalue weighted by molar-refractivity contribution is 5.51. The van der Waals surface area contributed by atoms with E-state index in [9.17, 15) is 0 Å². The van der Waals surface area contributed by atoms with Crippen molar-refractivity contribution >= 4 is 0 Å². The zero-order valence-corrected chi connectivity index (χ0v) is 12.2. The van der Waals surface area contributed by atoms with E-state index >= 15 is 0 Å². The summed E-state index contributed by atoms with van der Waals surface area (Å²) in [6, 6.07) is 5.51. The van der Waals surface area contributed by atoms with E-state index in [2.05, 4.69) is 5.32 Å². The maximum Gasteiger partial charge on any atom is 0.203 e. The van der Waals surface area contributed by atoms with Crippen LogP contribution < -0.4 is 25.3 Å². The number of ether oxygens (including phenoxy) is 4. The van der Waals surface area contributed by atoms with Gasteiger partial charge in [0.2, 0.25) is 5.75 Å². The summed E-state index contributed by atoms with van der Waals surface area (Å²) < 4.78 is 21.6. The van der Waals surface area contributed by atoms with Crippen molar-refractivity contribution < 1.29 is 18.9 Å². The molecule has 0 aliphatic carbocycles. The number of rotatable bonds is 11. The van der Waals surface area contributed by atoms with E-state index in [0.717, 1.165) is 13.1 Å². The van der Waals surface area contributed by atoms with Gasteiger partial charge in [-0.25, -0.2) is 0 Å². The first-order valence-corrected chi connectivity index (χ1v) is 6.65. The van der Waals surface area contributed by atoms with Crippen LogP contribution in [-0.2, 0) is 4.74 Å². The molecule has 0 aliphatic rings. The summed E-state index contributed by atoms with van der Waals surface area (Å²) >= 11 is 0. The number of hydrogen-bond acceptors (Lipinski definition) is 6. The molecule has 0 aliphatic heterocycles. The molecule has 0 amide bonds. The molecule has 6 heteroatoms. The first kappa shape index (κ1) is 16.6. The van der Waals surface area contributed by atoms with Crippen LogP contribution in [0.5, 0.6) is 17.2 Å². The Hall–Kier alpha value is -1.50. The fourth-order valence-electron chi connectivity index (χ4n) is 1.64. The molecule has 0 fully saturated rings. The molecule has 0 unspecified atom stereocenters. The SMILES string of the molecule is COc1cccc(OC)c1OCCOCCNCCN. The molecule has 0 saturated heterocycles. The number of para-hydroxylation sites is 1. The third-order valence-electron chi connectivity index (χ3n) is 2.60. The lowest BCUT2D eigenvalue weighted by molar-refractivity contribution is 0.0996. The Morgan fingerprint density at radius 3 is 2.30 bits per heavy atom. The van der Waals surface area contributed by atoms with Crippen molar-refractivity contribution in [2.45, 2.75) is 0 Å². The van der Waals surface area contributed by atoms with Crippen LogP contribution in [0.2, 0.25) is 0 Å². The largest absolute Gasteiger partial charge is 0.493 e. The second-order valence-corrected chi connectivity index (χ2v) is 3.99. The molecule has 0 atom stereocenters. The summed E-state index contributed by atoms with van der Waals surface area (Å²) in [7, 11) is 3.20. The molecule has 0 radical (unpaired) electrons. The monoisotopic (exact) mass is 284 g/mol. The van der Waals surface area contributed by atoms with E-state index in [1.165, 1.54) is 0 Å². The summed E-state index contributed by atoms with van der Waals surface area (Å²) in [5.74, 6) is 1.89. The van der Waals surface area contributed by atoms with Gasteiger partial charge in [-0.3, -0.25) is 0 Å². The van der Waals surface area contributed by atoms with Gasteiger partial charge in [-0.05, 0) is 12.1 Å². The molecule has 6 nitrogen and oxygen atoms in total. The third-order valence-corrected chi connectivity index (χ3v) is 2.60. The van der Waals surface area contributed by atoms with E-state index in [-0.39, 0.29) is 0 Å². The van der Waals surface area contributed by atoms with Crippen LogP contribution in [0.4, 0.5) is 0 Å². The summed E-state index contributed by atoms with van der Waals surface area (Å²) in [5.41, 5.74) is 5.36. The molecule has 20 heavy (non-hydrogen) atoms. The molecule has 0 bridgehead atoms. The predicted octanol–water partition coefficient (Wildman–Crippen LogP) is 0.648. The maximum absolute atomic E-state index is 5.66. The van der Waals surface area contributed by atoms with Crippen LogP contribution in [0.15, 0.2) is 18.2 Å².